The molecule has 0 unspecified atom stereocenters. The van der Waals surface area contributed by atoms with E-state index < -0.39 is 0 Å². The second-order valence-electron chi connectivity index (χ2n) is 6.39. The molecule has 0 saturated carbocycles. The van der Waals surface area contributed by atoms with Gasteiger partial charge in [-0.2, -0.15) is 0 Å². The van der Waals surface area contributed by atoms with Crippen molar-refractivity contribution in [3.8, 4) is 0 Å². The Balaban J connectivity index is 2.09. The van der Waals surface area contributed by atoms with Gasteiger partial charge in [-0.25, -0.2) is 4.68 Å². The fourth-order valence-electron chi connectivity index (χ4n) is 2.70. The van der Waals surface area contributed by atoms with Crippen molar-refractivity contribution in [3.05, 3.63) is 11.4 Å². The van der Waals surface area contributed by atoms with E-state index in [1.807, 2.05) is 18.7 Å². The average molecular weight is 278 g/mol. The summed E-state index contributed by atoms with van der Waals surface area (Å²) in [6.07, 6.45) is 2.79. The quantitative estimate of drug-likeness (QED) is 0.848. The molecule has 0 bridgehead atoms. The molecule has 0 aromatic carbocycles. The van der Waals surface area contributed by atoms with E-state index in [9.17, 15) is 4.79 Å². The molecule has 1 aliphatic rings. The summed E-state index contributed by atoms with van der Waals surface area (Å²) >= 11 is 0. The molecule has 0 fully saturated rings. The molecule has 0 aliphatic carbocycles. The molecule has 1 amide bonds. The lowest BCUT2D eigenvalue weighted by molar-refractivity contribution is -0.134. The first-order valence-corrected chi connectivity index (χ1v) is 7.69. The molecule has 1 aromatic heterocycles. The summed E-state index contributed by atoms with van der Waals surface area (Å²) in [4.78, 5) is 14.1. The average Bonchev–Trinajstić information content (AvgIpc) is 2.69. The number of nitrogens with zero attached hydrogens (tertiary/aromatic N) is 4. The minimum atomic E-state index is 0.0746. The minimum Gasteiger partial charge on any atom is -0.342 e. The van der Waals surface area contributed by atoms with Gasteiger partial charge in [0.2, 0.25) is 5.91 Å². The third-order valence-corrected chi connectivity index (χ3v) is 3.72. The fourth-order valence-corrected chi connectivity index (χ4v) is 2.70. The van der Waals surface area contributed by atoms with E-state index in [0.29, 0.717) is 5.92 Å². The molecule has 0 radical (unpaired) electrons. The number of fused-ring (bicyclic) bond motifs is 1. The highest BCUT2D eigenvalue weighted by molar-refractivity contribution is 5.78. The van der Waals surface area contributed by atoms with Crippen LogP contribution in [0.25, 0.3) is 0 Å². The summed E-state index contributed by atoms with van der Waals surface area (Å²) in [6, 6.07) is 0. The molecule has 0 saturated heterocycles. The van der Waals surface area contributed by atoms with Gasteiger partial charge in [0.25, 0.3) is 0 Å². The molecule has 2 heterocycles. The largest absolute Gasteiger partial charge is 0.342 e. The van der Waals surface area contributed by atoms with Crippen molar-refractivity contribution >= 4 is 5.91 Å². The van der Waals surface area contributed by atoms with Gasteiger partial charge in [0.1, 0.15) is 0 Å². The van der Waals surface area contributed by atoms with Gasteiger partial charge in [-0.3, -0.25) is 4.79 Å². The van der Waals surface area contributed by atoms with Crippen LogP contribution in [0.2, 0.25) is 0 Å². The maximum atomic E-state index is 12.1. The van der Waals surface area contributed by atoms with Crippen molar-refractivity contribution < 1.29 is 4.79 Å². The molecule has 0 spiro atoms. The van der Waals surface area contributed by atoms with E-state index >= 15 is 0 Å². The summed E-state index contributed by atoms with van der Waals surface area (Å²) in [5.41, 5.74) is 2.35. The number of rotatable bonds is 3. The highest BCUT2D eigenvalue weighted by Gasteiger charge is 2.22. The van der Waals surface area contributed by atoms with Crippen LogP contribution >= 0.6 is 0 Å². The van der Waals surface area contributed by atoms with Gasteiger partial charge in [-0.05, 0) is 18.8 Å². The van der Waals surface area contributed by atoms with Crippen molar-refractivity contribution in [3.63, 3.8) is 0 Å². The number of carbonyl (C=O) groups excluding carboxylic acids is 1. The van der Waals surface area contributed by atoms with Crippen LogP contribution in [0.4, 0.5) is 0 Å². The molecular formula is C15H26N4O. The summed E-state index contributed by atoms with van der Waals surface area (Å²) in [5.74, 6) is 0.902. The molecule has 1 aromatic rings. The topological polar surface area (TPSA) is 51.0 Å². The molecule has 20 heavy (non-hydrogen) atoms. The van der Waals surface area contributed by atoms with Crippen LogP contribution < -0.4 is 0 Å². The van der Waals surface area contributed by atoms with E-state index in [0.717, 1.165) is 44.6 Å². The zero-order valence-corrected chi connectivity index (χ0v) is 13.1. The van der Waals surface area contributed by atoms with E-state index in [2.05, 4.69) is 28.8 Å². The lowest BCUT2D eigenvalue weighted by atomic mass is 10.1. The SMILES string of the molecule is CC(C)Cn1nnc2c1CCCN(C(=O)C(C)C)CC2. The Kier molecular flexibility index (Phi) is 4.78. The summed E-state index contributed by atoms with van der Waals surface area (Å²) < 4.78 is 2.06. The summed E-state index contributed by atoms with van der Waals surface area (Å²) in [7, 11) is 0. The Morgan fingerprint density at radius 1 is 1.20 bits per heavy atom. The van der Waals surface area contributed by atoms with E-state index in [-0.39, 0.29) is 11.8 Å². The predicted octanol–water partition coefficient (Wildman–Crippen LogP) is 1.91. The third kappa shape index (κ3) is 3.38. The van der Waals surface area contributed by atoms with Crippen molar-refractivity contribution in [2.45, 2.75) is 53.5 Å². The number of amides is 1. The second kappa shape index (κ2) is 6.37. The first kappa shape index (κ1) is 15.0. The Morgan fingerprint density at radius 3 is 2.60 bits per heavy atom. The molecular weight excluding hydrogens is 252 g/mol. The van der Waals surface area contributed by atoms with Crippen molar-refractivity contribution in [2.24, 2.45) is 11.8 Å². The summed E-state index contributed by atoms with van der Waals surface area (Å²) in [6.45, 7) is 10.9. The maximum absolute atomic E-state index is 12.1. The van der Waals surface area contributed by atoms with Gasteiger partial charge < -0.3 is 4.90 Å². The molecule has 5 nitrogen and oxygen atoms in total. The first-order chi connectivity index (χ1) is 9.49. The van der Waals surface area contributed by atoms with E-state index in [1.165, 1.54) is 5.69 Å². The maximum Gasteiger partial charge on any atom is 0.225 e. The van der Waals surface area contributed by atoms with Gasteiger partial charge in [0.15, 0.2) is 0 Å². The Morgan fingerprint density at radius 2 is 1.95 bits per heavy atom. The molecule has 5 heteroatoms. The van der Waals surface area contributed by atoms with Crippen LogP contribution in [0.3, 0.4) is 0 Å². The molecule has 0 N–H and O–H groups in total. The third-order valence-electron chi connectivity index (χ3n) is 3.72. The number of hydrogen-bond donors (Lipinski definition) is 0. The fraction of sp³-hybridized carbons (Fsp3) is 0.800. The molecule has 1 aliphatic heterocycles. The van der Waals surface area contributed by atoms with E-state index in [4.69, 9.17) is 0 Å². The van der Waals surface area contributed by atoms with Crippen LogP contribution in [0, 0.1) is 11.8 Å². The lowest BCUT2D eigenvalue weighted by Gasteiger charge is -2.26. The smallest absolute Gasteiger partial charge is 0.225 e. The molecule has 0 atom stereocenters. The zero-order chi connectivity index (χ0) is 14.7. The van der Waals surface area contributed by atoms with Gasteiger partial charge in [0.05, 0.1) is 11.4 Å². The normalized spacial score (nSPS) is 16.2. The van der Waals surface area contributed by atoms with Crippen LogP contribution in [0.5, 0.6) is 0 Å². The second-order valence-corrected chi connectivity index (χ2v) is 6.39. The number of carbonyl (C=O) groups is 1. The van der Waals surface area contributed by atoms with E-state index in [1.54, 1.807) is 0 Å². The van der Waals surface area contributed by atoms with Gasteiger partial charge in [0, 0.05) is 32.0 Å². The highest BCUT2D eigenvalue weighted by atomic mass is 16.2. The van der Waals surface area contributed by atoms with Crippen LogP contribution in [-0.4, -0.2) is 38.9 Å². The van der Waals surface area contributed by atoms with Crippen LogP contribution in [0.15, 0.2) is 0 Å². The predicted molar refractivity (Wildman–Crippen MR) is 78.3 cm³/mol. The molecule has 112 valence electrons. The van der Waals surface area contributed by atoms with Gasteiger partial charge >= 0.3 is 0 Å². The first-order valence-electron chi connectivity index (χ1n) is 7.69. The Bertz CT molecular complexity index is 464. The monoisotopic (exact) mass is 278 g/mol. The van der Waals surface area contributed by atoms with Gasteiger partial charge in [-0.1, -0.05) is 32.9 Å². The molecule has 2 rings (SSSR count). The Hall–Kier alpha value is -1.39. The van der Waals surface area contributed by atoms with Crippen LogP contribution in [0.1, 0.15) is 45.5 Å². The lowest BCUT2D eigenvalue weighted by Crippen LogP contribution is -2.38. The van der Waals surface area contributed by atoms with Crippen LogP contribution in [-0.2, 0) is 24.2 Å². The van der Waals surface area contributed by atoms with Crippen molar-refractivity contribution in [2.75, 3.05) is 13.1 Å². The van der Waals surface area contributed by atoms with Crippen molar-refractivity contribution in [1.29, 1.82) is 0 Å². The van der Waals surface area contributed by atoms with Crippen molar-refractivity contribution in [1.82, 2.24) is 19.9 Å². The summed E-state index contributed by atoms with van der Waals surface area (Å²) in [5, 5.41) is 8.61. The Labute approximate surface area is 121 Å². The minimum absolute atomic E-state index is 0.0746. The number of aromatic nitrogens is 3. The number of hydrogen-bond acceptors (Lipinski definition) is 3. The van der Waals surface area contributed by atoms with Gasteiger partial charge in [-0.15, -0.1) is 5.10 Å². The standard InChI is InChI=1S/C15H26N4O/c1-11(2)10-19-14-6-5-8-18(15(20)12(3)4)9-7-13(14)16-17-19/h11-12H,5-10H2,1-4H3. The zero-order valence-electron chi connectivity index (χ0n) is 13.1. The highest BCUT2D eigenvalue weighted by Crippen LogP contribution is 2.16.